The van der Waals surface area contributed by atoms with E-state index in [1.54, 1.807) is 11.9 Å². The van der Waals surface area contributed by atoms with Gasteiger partial charge >= 0.3 is 0 Å². The van der Waals surface area contributed by atoms with Gasteiger partial charge in [0.05, 0.1) is 0 Å². The highest BCUT2D eigenvalue weighted by molar-refractivity contribution is 7.97. The van der Waals surface area contributed by atoms with Gasteiger partial charge in [0.1, 0.15) is 18.2 Å². The molecular weight excluding hydrogens is 643 g/mol. The Morgan fingerprint density at radius 2 is 1.22 bits per heavy atom. The minimum absolute atomic E-state index is 0.896. The average Bonchev–Trinajstić information content (AvgIpc) is 3.20. The van der Waals surface area contributed by atoms with Gasteiger partial charge in [-0.3, -0.25) is 4.72 Å². The molecular formula is C46H44N3OS+. The van der Waals surface area contributed by atoms with Crippen LogP contribution < -0.4 is 19.6 Å². The Hall–Kier alpha value is -5.36. The second-order valence-corrected chi connectivity index (χ2v) is 13.4. The molecule has 7 aromatic carbocycles. The van der Waals surface area contributed by atoms with E-state index in [0.29, 0.717) is 0 Å². The van der Waals surface area contributed by atoms with Crippen LogP contribution in [0, 0.1) is 0 Å². The molecule has 0 amide bonds. The molecule has 0 aliphatic carbocycles. The molecule has 0 fully saturated rings. The van der Waals surface area contributed by atoms with E-state index in [1.165, 1.54) is 16.0 Å². The van der Waals surface area contributed by atoms with Crippen molar-refractivity contribution in [1.82, 2.24) is 9.30 Å². The number of nitrogens with one attached hydrogen (secondary N) is 1. The van der Waals surface area contributed by atoms with Crippen LogP contribution in [-0.4, -0.2) is 20.6 Å². The van der Waals surface area contributed by atoms with Gasteiger partial charge < -0.3 is 9.32 Å². The summed E-state index contributed by atoms with van der Waals surface area (Å²) < 4.78 is 12.9. The normalized spacial score (nSPS) is 11.9. The van der Waals surface area contributed by atoms with E-state index in [9.17, 15) is 0 Å². The summed E-state index contributed by atoms with van der Waals surface area (Å²) in [5.74, 6) is 0. The third-order valence-electron chi connectivity index (χ3n) is 9.40. The zero-order chi connectivity index (χ0) is 35.3. The summed E-state index contributed by atoms with van der Waals surface area (Å²) >= 11 is 1.71. The molecule has 51 heavy (non-hydrogen) atoms. The number of fused-ring (bicyclic) bond motifs is 6. The van der Waals surface area contributed by atoms with Gasteiger partial charge in [0, 0.05) is 81.2 Å². The second kappa shape index (κ2) is 15.3. The molecule has 0 aliphatic heterocycles. The van der Waals surface area contributed by atoms with E-state index in [1.807, 2.05) is 13.8 Å². The van der Waals surface area contributed by atoms with Gasteiger partial charge in [-0.05, 0) is 89.3 Å². The largest absolute Gasteiger partial charge is 0.455 e. The van der Waals surface area contributed by atoms with E-state index >= 15 is 0 Å². The SMILES string of the molecule is CC.CCCNSc1ccccc1-c1c2ccc3cc(N(C)c4ccccc4)ccc3c2oc2c1ccc1cc(=[N+](C)c3ccccc3)ccc12. The van der Waals surface area contributed by atoms with Crippen LogP contribution in [0.15, 0.2) is 155 Å². The van der Waals surface area contributed by atoms with Gasteiger partial charge in [0.25, 0.3) is 0 Å². The summed E-state index contributed by atoms with van der Waals surface area (Å²) in [7, 11) is 4.23. The molecule has 4 nitrogen and oxygen atoms in total. The van der Waals surface area contributed by atoms with Crippen molar-refractivity contribution in [3.8, 4) is 11.1 Å². The van der Waals surface area contributed by atoms with Crippen LogP contribution in [0.1, 0.15) is 27.2 Å². The lowest BCUT2D eigenvalue weighted by molar-refractivity contribution is 0.669. The Bertz CT molecular complexity index is 2540. The van der Waals surface area contributed by atoms with Gasteiger partial charge in [-0.15, -0.1) is 0 Å². The molecule has 1 heterocycles. The molecule has 1 N–H and O–H groups in total. The molecule has 0 bridgehead atoms. The summed E-state index contributed by atoms with van der Waals surface area (Å²) in [5, 5.41) is 7.81. The van der Waals surface area contributed by atoms with Crippen molar-refractivity contribution >= 4 is 72.5 Å². The smallest absolute Gasteiger partial charge is 0.206 e. The molecule has 0 unspecified atom stereocenters. The van der Waals surface area contributed by atoms with Crippen LogP contribution in [0.4, 0.5) is 17.1 Å². The molecule has 0 saturated heterocycles. The van der Waals surface area contributed by atoms with Gasteiger partial charge in [-0.1, -0.05) is 87.5 Å². The second-order valence-electron chi connectivity index (χ2n) is 12.5. The molecule has 0 saturated carbocycles. The first-order valence-corrected chi connectivity index (χ1v) is 18.7. The number of rotatable bonds is 8. The molecule has 5 heteroatoms. The van der Waals surface area contributed by atoms with Crippen LogP contribution in [-0.2, 0) is 0 Å². The number of hydrogen-bond donors (Lipinski definition) is 1. The molecule has 0 radical (unpaired) electrons. The van der Waals surface area contributed by atoms with Crippen LogP contribution in [0.25, 0.3) is 54.6 Å². The lowest BCUT2D eigenvalue weighted by Gasteiger charge is -2.20. The van der Waals surface area contributed by atoms with Gasteiger partial charge in [0.2, 0.25) is 11.0 Å². The molecule has 0 spiro atoms. The lowest BCUT2D eigenvalue weighted by Crippen LogP contribution is -2.20. The molecule has 1 aromatic heterocycles. The quantitative estimate of drug-likeness (QED) is 0.0567. The maximum Gasteiger partial charge on any atom is 0.206 e. The van der Waals surface area contributed by atoms with Crippen molar-refractivity contribution in [1.29, 1.82) is 0 Å². The minimum Gasteiger partial charge on any atom is -0.455 e. The topological polar surface area (TPSA) is 31.4 Å². The highest BCUT2D eigenvalue weighted by Crippen LogP contribution is 2.44. The first-order chi connectivity index (χ1) is 25.1. The standard InChI is InChI=1S/C44H38N3OS.C2H6/c1-4-27-45-49-41-18-12-11-17-38(41)42-39-23-19-30-28-34(46(2)32-13-7-5-8-14-32)21-25-36(30)43(39)48-44-37-26-22-35(29-31(37)20-24-40(42)44)47(3)33-15-9-6-10-16-33;1-2/h5-26,28-29,45H,4,27H2,1-3H3;1-2H3/q+1;. The number of hydrogen-bond acceptors (Lipinski definition) is 4. The van der Waals surface area contributed by atoms with Gasteiger partial charge in [-0.2, -0.15) is 4.58 Å². The third-order valence-corrected chi connectivity index (χ3v) is 10.3. The molecule has 8 aromatic rings. The summed E-state index contributed by atoms with van der Waals surface area (Å²) in [4.78, 5) is 3.42. The van der Waals surface area contributed by atoms with Crippen molar-refractivity contribution in [3.63, 3.8) is 0 Å². The Balaban J connectivity index is 0.00000200. The molecule has 0 atom stereocenters. The highest BCUT2D eigenvalue weighted by atomic mass is 32.2. The summed E-state index contributed by atoms with van der Waals surface area (Å²) in [6, 6.07) is 52.0. The summed E-state index contributed by atoms with van der Waals surface area (Å²) in [5.41, 5.74) is 7.61. The van der Waals surface area contributed by atoms with Crippen molar-refractivity contribution in [2.75, 3.05) is 25.5 Å². The highest BCUT2D eigenvalue weighted by Gasteiger charge is 2.19. The monoisotopic (exact) mass is 686 g/mol. The van der Waals surface area contributed by atoms with E-state index < -0.39 is 0 Å². The number of benzene rings is 7. The van der Waals surface area contributed by atoms with E-state index in [-0.39, 0.29) is 0 Å². The van der Waals surface area contributed by atoms with E-state index in [2.05, 4.69) is 181 Å². The fourth-order valence-corrected chi connectivity index (χ4v) is 7.63. The van der Waals surface area contributed by atoms with Crippen molar-refractivity contribution in [2.45, 2.75) is 32.1 Å². The zero-order valence-corrected chi connectivity index (χ0v) is 30.8. The van der Waals surface area contributed by atoms with E-state index in [0.717, 1.165) is 78.9 Å². The van der Waals surface area contributed by atoms with Crippen LogP contribution in [0.2, 0.25) is 0 Å². The van der Waals surface area contributed by atoms with Crippen LogP contribution in [0.3, 0.4) is 0 Å². The Kier molecular flexibility index (Phi) is 10.2. The van der Waals surface area contributed by atoms with Crippen LogP contribution >= 0.6 is 11.9 Å². The fourth-order valence-electron chi connectivity index (χ4n) is 6.74. The van der Waals surface area contributed by atoms with Gasteiger partial charge in [0.15, 0.2) is 0 Å². The Morgan fingerprint density at radius 1 is 0.627 bits per heavy atom. The summed E-state index contributed by atoms with van der Waals surface area (Å²) in [6.07, 6.45) is 1.08. The fraction of sp³-hybridized carbons (Fsp3) is 0.152. The predicted molar refractivity (Wildman–Crippen MR) is 221 cm³/mol. The molecule has 8 rings (SSSR count). The van der Waals surface area contributed by atoms with E-state index in [4.69, 9.17) is 4.42 Å². The molecule has 254 valence electrons. The van der Waals surface area contributed by atoms with Crippen molar-refractivity contribution < 1.29 is 4.42 Å². The van der Waals surface area contributed by atoms with Crippen LogP contribution in [0.5, 0.6) is 0 Å². The lowest BCUT2D eigenvalue weighted by atomic mass is 9.93. The zero-order valence-electron chi connectivity index (χ0n) is 30.0. The Morgan fingerprint density at radius 3 is 1.90 bits per heavy atom. The van der Waals surface area contributed by atoms with Crippen molar-refractivity contribution in [3.05, 3.63) is 151 Å². The predicted octanol–water partition coefficient (Wildman–Crippen LogP) is 12.1. The average molecular weight is 687 g/mol. The first-order valence-electron chi connectivity index (χ1n) is 17.9. The third kappa shape index (κ3) is 6.63. The summed E-state index contributed by atoms with van der Waals surface area (Å²) in [6.45, 7) is 7.14. The number of nitrogens with zero attached hydrogens (tertiary/aromatic N) is 2. The molecule has 0 aliphatic rings. The maximum absolute atomic E-state index is 7.09. The maximum atomic E-state index is 7.09. The van der Waals surface area contributed by atoms with Gasteiger partial charge in [-0.25, -0.2) is 0 Å². The minimum atomic E-state index is 0.896. The number of anilines is 2. The number of para-hydroxylation sites is 2. The van der Waals surface area contributed by atoms with Crippen molar-refractivity contribution in [2.24, 2.45) is 0 Å². The Labute approximate surface area is 304 Å². The first kappa shape index (κ1) is 34.1.